The number of anilines is 1. The minimum atomic E-state index is 0.373. The van der Waals surface area contributed by atoms with Crippen molar-refractivity contribution in [2.24, 2.45) is 0 Å². The summed E-state index contributed by atoms with van der Waals surface area (Å²) in [5.41, 5.74) is 8.13. The number of rotatable bonds is 9. The number of aromatic hydroxyl groups is 1. The van der Waals surface area contributed by atoms with Crippen LogP contribution in [0.15, 0.2) is 60.7 Å². The van der Waals surface area contributed by atoms with Gasteiger partial charge in [0.15, 0.2) is 0 Å². The molecule has 1 heterocycles. The molecule has 1 aliphatic carbocycles. The second-order valence-corrected chi connectivity index (χ2v) is 11.2. The average molecular weight is 513 g/mol. The Kier molecular flexibility index (Phi) is 8.90. The molecule has 0 spiro atoms. The topological polar surface area (TPSA) is 35.9 Å². The van der Waals surface area contributed by atoms with Gasteiger partial charge in [-0.1, -0.05) is 49.2 Å². The molecule has 0 radical (unpaired) electrons. The van der Waals surface area contributed by atoms with E-state index in [1.165, 1.54) is 78.8 Å². The van der Waals surface area contributed by atoms with Crippen LogP contribution in [0.2, 0.25) is 0 Å². The first-order valence-corrected chi connectivity index (χ1v) is 14.7. The van der Waals surface area contributed by atoms with Crippen LogP contribution in [0.25, 0.3) is 0 Å². The third-order valence-electron chi connectivity index (χ3n) is 8.63. The summed E-state index contributed by atoms with van der Waals surface area (Å²) in [7, 11) is 1.75. The summed E-state index contributed by atoms with van der Waals surface area (Å²) in [4.78, 5) is 5.15. The number of methoxy groups -OCH3 is 1. The van der Waals surface area contributed by atoms with Crippen LogP contribution in [0, 0.1) is 0 Å². The summed E-state index contributed by atoms with van der Waals surface area (Å²) < 4.78 is 5.65. The molecule has 38 heavy (non-hydrogen) atoms. The highest BCUT2D eigenvalue weighted by Crippen LogP contribution is 2.40. The van der Waals surface area contributed by atoms with Gasteiger partial charge in [-0.15, -0.1) is 0 Å². The van der Waals surface area contributed by atoms with Gasteiger partial charge in [0.05, 0.1) is 7.11 Å². The Balaban J connectivity index is 1.29. The molecule has 0 aromatic heterocycles. The third kappa shape index (κ3) is 6.53. The summed E-state index contributed by atoms with van der Waals surface area (Å²) >= 11 is 0. The molecule has 0 amide bonds. The molecule has 4 nitrogen and oxygen atoms in total. The molecule has 2 aliphatic rings. The van der Waals surface area contributed by atoms with Crippen LogP contribution in [-0.2, 0) is 25.8 Å². The minimum absolute atomic E-state index is 0.373. The monoisotopic (exact) mass is 512 g/mol. The van der Waals surface area contributed by atoms with Gasteiger partial charge >= 0.3 is 0 Å². The van der Waals surface area contributed by atoms with Gasteiger partial charge in [-0.25, -0.2) is 0 Å². The van der Waals surface area contributed by atoms with Crippen molar-refractivity contribution in [2.75, 3.05) is 38.2 Å². The number of benzene rings is 3. The first-order chi connectivity index (χ1) is 18.6. The predicted octanol–water partition coefficient (Wildman–Crippen LogP) is 7.12. The minimum Gasteiger partial charge on any atom is -0.508 e. The van der Waals surface area contributed by atoms with Crippen molar-refractivity contribution in [2.45, 2.75) is 70.8 Å². The lowest BCUT2D eigenvalue weighted by molar-refractivity contribution is 0.289. The zero-order valence-electron chi connectivity index (χ0n) is 23.3. The first-order valence-electron chi connectivity index (χ1n) is 14.7. The second-order valence-electron chi connectivity index (χ2n) is 11.2. The van der Waals surface area contributed by atoms with E-state index in [1.54, 1.807) is 7.11 Å². The largest absolute Gasteiger partial charge is 0.508 e. The normalized spacial score (nSPS) is 18.0. The van der Waals surface area contributed by atoms with Crippen molar-refractivity contribution in [1.29, 1.82) is 0 Å². The lowest BCUT2D eigenvalue weighted by atomic mass is 9.79. The quantitative estimate of drug-likeness (QED) is 0.331. The average Bonchev–Trinajstić information content (AvgIpc) is 3.24. The lowest BCUT2D eigenvalue weighted by Crippen LogP contribution is -2.27. The molecule has 0 unspecified atom stereocenters. The molecule has 1 atom stereocenters. The summed E-state index contributed by atoms with van der Waals surface area (Å²) in [5.74, 6) is 1.74. The van der Waals surface area contributed by atoms with E-state index in [4.69, 9.17) is 4.74 Å². The molecule has 3 aromatic carbocycles. The Labute approximate surface area is 229 Å². The maximum atomic E-state index is 9.91. The summed E-state index contributed by atoms with van der Waals surface area (Å²) in [6.45, 7) is 7.78. The van der Waals surface area contributed by atoms with E-state index in [0.29, 0.717) is 11.7 Å². The number of nitrogens with zero attached hydrogens (tertiary/aromatic N) is 2. The third-order valence-corrected chi connectivity index (χ3v) is 8.63. The van der Waals surface area contributed by atoms with E-state index in [-0.39, 0.29) is 0 Å². The summed E-state index contributed by atoms with van der Waals surface area (Å²) in [6.07, 6.45) is 9.75. The van der Waals surface area contributed by atoms with E-state index < -0.39 is 0 Å². The fourth-order valence-corrected chi connectivity index (χ4v) is 6.32. The van der Waals surface area contributed by atoms with Crippen LogP contribution < -0.4 is 9.64 Å². The van der Waals surface area contributed by atoms with Crippen molar-refractivity contribution >= 4 is 5.69 Å². The zero-order chi connectivity index (χ0) is 26.3. The molecule has 1 saturated heterocycles. The van der Waals surface area contributed by atoms with Gasteiger partial charge in [0.1, 0.15) is 11.5 Å². The number of phenolic OH excluding ortho intramolecular Hbond substituents is 1. The lowest BCUT2D eigenvalue weighted by Gasteiger charge is -2.32. The van der Waals surface area contributed by atoms with Gasteiger partial charge in [-0.05, 0) is 110 Å². The molecule has 1 aliphatic heterocycles. The maximum absolute atomic E-state index is 9.91. The van der Waals surface area contributed by atoms with Crippen LogP contribution in [0.4, 0.5) is 5.69 Å². The molecule has 0 saturated carbocycles. The highest BCUT2D eigenvalue weighted by Gasteiger charge is 2.24. The van der Waals surface area contributed by atoms with Gasteiger partial charge in [-0.2, -0.15) is 0 Å². The van der Waals surface area contributed by atoms with E-state index in [9.17, 15) is 5.11 Å². The second kappa shape index (κ2) is 12.7. The van der Waals surface area contributed by atoms with Crippen LogP contribution in [0.5, 0.6) is 11.5 Å². The molecular weight excluding hydrogens is 468 g/mol. The number of hydrogen-bond donors (Lipinski definition) is 1. The Morgan fingerprint density at radius 3 is 2.39 bits per heavy atom. The van der Waals surface area contributed by atoms with Gasteiger partial charge in [0.2, 0.25) is 0 Å². The fraction of sp³-hybridized carbons (Fsp3) is 0.471. The number of hydrogen-bond acceptors (Lipinski definition) is 4. The molecular formula is C34H44N2O2. The molecule has 5 rings (SSSR count). The summed E-state index contributed by atoms with van der Waals surface area (Å²) in [5, 5.41) is 9.91. The van der Waals surface area contributed by atoms with Gasteiger partial charge in [-0.3, -0.25) is 0 Å². The SMILES string of the molecule is CCN(Cc1ccc(CCN2CCCCCC2)cc1)c1cc(OC)ccc1[C@H]1CCc2cc(O)ccc2C1. The van der Waals surface area contributed by atoms with E-state index in [0.717, 1.165) is 44.5 Å². The van der Waals surface area contributed by atoms with Crippen molar-refractivity contribution < 1.29 is 9.84 Å². The van der Waals surface area contributed by atoms with Crippen LogP contribution >= 0.6 is 0 Å². The standard InChI is InChI=1S/C34H44N2O2/c1-3-36(25-27-10-8-26(9-11-27)18-21-35-19-6-4-5-7-20-35)34-24-32(38-2)16-17-33(34)30-13-12-29-23-31(37)15-14-28(29)22-30/h8-11,14-17,23-24,30,37H,3-7,12-13,18-22,25H2,1-2H3/t30-/m0/s1. The number of likely N-dealkylation sites (tertiary alicyclic amines) is 1. The highest BCUT2D eigenvalue weighted by atomic mass is 16.5. The Hall–Kier alpha value is -2.98. The number of ether oxygens (including phenoxy) is 1. The zero-order valence-corrected chi connectivity index (χ0v) is 23.3. The van der Waals surface area contributed by atoms with Crippen molar-refractivity contribution in [1.82, 2.24) is 4.90 Å². The van der Waals surface area contributed by atoms with Crippen molar-refractivity contribution in [3.63, 3.8) is 0 Å². The molecule has 1 fully saturated rings. The van der Waals surface area contributed by atoms with Crippen molar-refractivity contribution in [3.05, 3.63) is 88.5 Å². The molecule has 3 aromatic rings. The fourth-order valence-electron chi connectivity index (χ4n) is 6.32. The Bertz CT molecular complexity index is 1180. The maximum Gasteiger partial charge on any atom is 0.120 e. The van der Waals surface area contributed by atoms with E-state index >= 15 is 0 Å². The van der Waals surface area contributed by atoms with Gasteiger partial charge in [0.25, 0.3) is 0 Å². The molecule has 1 N–H and O–H groups in total. The highest BCUT2D eigenvalue weighted by molar-refractivity contribution is 5.60. The molecule has 0 bridgehead atoms. The van der Waals surface area contributed by atoms with Crippen LogP contribution in [0.3, 0.4) is 0 Å². The van der Waals surface area contributed by atoms with Crippen LogP contribution in [0.1, 0.15) is 72.8 Å². The van der Waals surface area contributed by atoms with E-state index in [1.807, 2.05) is 12.1 Å². The first kappa shape index (κ1) is 26.6. The van der Waals surface area contributed by atoms with Crippen LogP contribution in [-0.4, -0.2) is 43.3 Å². The molecule has 202 valence electrons. The molecule has 4 heteroatoms. The summed E-state index contributed by atoms with van der Waals surface area (Å²) in [6, 6.07) is 21.8. The van der Waals surface area contributed by atoms with Gasteiger partial charge in [0, 0.05) is 31.4 Å². The number of fused-ring (bicyclic) bond motifs is 1. The Morgan fingerprint density at radius 2 is 1.66 bits per heavy atom. The number of phenols is 1. The predicted molar refractivity (Wildman–Crippen MR) is 158 cm³/mol. The number of aryl methyl sites for hydroxylation is 1. The van der Waals surface area contributed by atoms with Crippen molar-refractivity contribution in [3.8, 4) is 11.5 Å². The van der Waals surface area contributed by atoms with E-state index in [2.05, 4.69) is 65.3 Å². The Morgan fingerprint density at radius 1 is 0.895 bits per heavy atom. The smallest absolute Gasteiger partial charge is 0.120 e. The van der Waals surface area contributed by atoms with Gasteiger partial charge < -0.3 is 19.6 Å².